The minimum absolute atomic E-state index is 0. The lowest BCUT2D eigenvalue weighted by Gasteiger charge is -2.21. The van der Waals surface area contributed by atoms with Gasteiger partial charge in [0.2, 0.25) is 0 Å². The molecule has 0 saturated heterocycles. The first-order chi connectivity index (χ1) is 10.2. The quantitative estimate of drug-likeness (QED) is 0.294. The van der Waals surface area contributed by atoms with Crippen LogP contribution in [0.3, 0.4) is 0 Å². The summed E-state index contributed by atoms with van der Waals surface area (Å²) >= 11 is 1.69. The van der Waals surface area contributed by atoms with Gasteiger partial charge >= 0.3 is 0 Å². The van der Waals surface area contributed by atoms with E-state index in [1.165, 1.54) is 12.8 Å². The molecular weight excluding hydrogens is 411 g/mol. The van der Waals surface area contributed by atoms with E-state index in [-0.39, 0.29) is 24.0 Å². The van der Waals surface area contributed by atoms with Gasteiger partial charge in [0, 0.05) is 39.2 Å². The Morgan fingerprint density at radius 2 is 2.32 bits per heavy atom. The van der Waals surface area contributed by atoms with Gasteiger partial charge in [-0.05, 0) is 32.1 Å². The van der Waals surface area contributed by atoms with E-state index in [2.05, 4.69) is 25.6 Å². The second-order valence-corrected chi connectivity index (χ2v) is 6.62. The molecule has 0 spiro atoms. The van der Waals surface area contributed by atoms with Gasteiger partial charge in [0.1, 0.15) is 0 Å². The fraction of sp³-hybridized carbons (Fsp3) is 0.733. The van der Waals surface area contributed by atoms with Crippen molar-refractivity contribution in [1.82, 2.24) is 15.2 Å². The zero-order valence-electron chi connectivity index (χ0n) is 13.7. The second kappa shape index (κ2) is 10.4. The van der Waals surface area contributed by atoms with Crippen LogP contribution in [0.1, 0.15) is 30.0 Å². The molecule has 1 aromatic heterocycles. The molecule has 1 aromatic rings. The molecule has 1 aliphatic rings. The van der Waals surface area contributed by atoms with Crippen LogP contribution in [-0.4, -0.2) is 49.7 Å². The van der Waals surface area contributed by atoms with Gasteiger partial charge in [-0.15, -0.1) is 35.3 Å². The molecule has 1 saturated carbocycles. The number of nitrogens with zero attached hydrogens (tertiary/aromatic N) is 3. The molecule has 0 radical (unpaired) electrons. The molecule has 1 N–H and O–H groups in total. The molecule has 22 heavy (non-hydrogen) atoms. The number of hydrogen-bond donors (Lipinski definition) is 1. The Bertz CT molecular complexity index is 462. The van der Waals surface area contributed by atoms with E-state index in [1.54, 1.807) is 11.3 Å². The van der Waals surface area contributed by atoms with Crippen LogP contribution >= 0.6 is 35.3 Å². The molecule has 126 valence electrons. The largest absolute Gasteiger partial charge is 0.381 e. The number of rotatable bonds is 8. The number of ether oxygens (including phenoxy) is 1. The maximum absolute atomic E-state index is 5.63. The highest BCUT2D eigenvalue weighted by molar-refractivity contribution is 14.0. The van der Waals surface area contributed by atoms with Crippen LogP contribution in [0.5, 0.6) is 0 Å². The third kappa shape index (κ3) is 7.23. The van der Waals surface area contributed by atoms with Crippen LogP contribution < -0.4 is 5.32 Å². The fourth-order valence-corrected chi connectivity index (χ4v) is 2.70. The Hall–Kier alpha value is -0.410. The number of aliphatic imine (C=N–C) groups is 1. The number of nitrogens with one attached hydrogen (secondary N) is 1. The normalized spacial score (nSPS) is 14.6. The predicted octanol–water partition coefficient (Wildman–Crippen LogP) is 2.89. The number of aryl methyl sites for hydroxylation is 1. The van der Waals surface area contributed by atoms with Crippen molar-refractivity contribution in [2.75, 3.05) is 33.9 Å². The van der Waals surface area contributed by atoms with Crippen molar-refractivity contribution in [3.05, 3.63) is 16.1 Å². The predicted molar refractivity (Wildman–Crippen MR) is 103 cm³/mol. The minimum atomic E-state index is 0. The molecule has 0 unspecified atom stereocenters. The Labute approximate surface area is 154 Å². The van der Waals surface area contributed by atoms with E-state index in [0.717, 1.165) is 55.3 Å². The summed E-state index contributed by atoms with van der Waals surface area (Å²) in [6.45, 7) is 5.47. The average Bonchev–Trinajstić information content (AvgIpc) is 3.20. The first-order valence-electron chi connectivity index (χ1n) is 7.59. The van der Waals surface area contributed by atoms with Crippen LogP contribution in [0, 0.1) is 12.8 Å². The minimum Gasteiger partial charge on any atom is -0.381 e. The molecule has 2 rings (SSSR count). The van der Waals surface area contributed by atoms with Gasteiger partial charge in [0.25, 0.3) is 0 Å². The van der Waals surface area contributed by atoms with Crippen molar-refractivity contribution in [3.8, 4) is 0 Å². The monoisotopic (exact) mass is 438 g/mol. The van der Waals surface area contributed by atoms with Gasteiger partial charge < -0.3 is 15.0 Å². The maximum Gasteiger partial charge on any atom is 0.193 e. The smallest absolute Gasteiger partial charge is 0.193 e. The molecule has 1 heterocycles. The van der Waals surface area contributed by atoms with Gasteiger partial charge in [-0.25, -0.2) is 4.98 Å². The van der Waals surface area contributed by atoms with Crippen molar-refractivity contribution in [1.29, 1.82) is 0 Å². The third-order valence-electron chi connectivity index (χ3n) is 3.44. The summed E-state index contributed by atoms with van der Waals surface area (Å²) in [4.78, 5) is 10.9. The van der Waals surface area contributed by atoms with Crippen molar-refractivity contribution < 1.29 is 4.74 Å². The first kappa shape index (κ1) is 19.6. The van der Waals surface area contributed by atoms with Crippen LogP contribution in [0.2, 0.25) is 0 Å². The first-order valence-corrected chi connectivity index (χ1v) is 8.47. The van der Waals surface area contributed by atoms with E-state index in [0.29, 0.717) is 0 Å². The summed E-state index contributed by atoms with van der Waals surface area (Å²) in [5.74, 6) is 1.75. The van der Waals surface area contributed by atoms with Crippen LogP contribution in [0.15, 0.2) is 10.4 Å². The summed E-state index contributed by atoms with van der Waals surface area (Å²) in [6, 6.07) is 0. The summed E-state index contributed by atoms with van der Waals surface area (Å²) in [7, 11) is 3.85. The van der Waals surface area contributed by atoms with Gasteiger partial charge in [-0.3, -0.25) is 4.99 Å². The van der Waals surface area contributed by atoms with E-state index in [9.17, 15) is 0 Å². The van der Waals surface area contributed by atoms with Crippen LogP contribution in [0.25, 0.3) is 0 Å². The SMILES string of the molecule is CN=C(NCCCOCC1CC1)N(C)Cc1csc(C)n1.I. The van der Waals surface area contributed by atoms with E-state index in [1.807, 2.05) is 21.0 Å². The van der Waals surface area contributed by atoms with Gasteiger partial charge in [-0.2, -0.15) is 0 Å². The van der Waals surface area contributed by atoms with Crippen LogP contribution in [0.4, 0.5) is 0 Å². The van der Waals surface area contributed by atoms with E-state index >= 15 is 0 Å². The number of hydrogen-bond acceptors (Lipinski definition) is 4. The third-order valence-corrected chi connectivity index (χ3v) is 4.26. The number of aromatic nitrogens is 1. The Morgan fingerprint density at radius 3 is 2.91 bits per heavy atom. The van der Waals surface area contributed by atoms with Crippen molar-refractivity contribution >= 4 is 41.3 Å². The van der Waals surface area contributed by atoms with Crippen LogP contribution in [-0.2, 0) is 11.3 Å². The molecule has 0 bridgehead atoms. The summed E-state index contributed by atoms with van der Waals surface area (Å²) in [5, 5.41) is 6.58. The molecule has 0 aromatic carbocycles. The Balaban J connectivity index is 0.00000242. The summed E-state index contributed by atoms with van der Waals surface area (Å²) in [6.07, 6.45) is 3.72. The Kier molecular flexibility index (Phi) is 9.27. The molecule has 0 atom stereocenters. The number of halogens is 1. The molecule has 1 fully saturated rings. The van der Waals surface area contributed by atoms with Gasteiger partial charge in [0.05, 0.1) is 17.2 Å². The topological polar surface area (TPSA) is 49.8 Å². The highest BCUT2D eigenvalue weighted by Crippen LogP contribution is 2.28. The van der Waals surface area contributed by atoms with Gasteiger partial charge in [0.15, 0.2) is 5.96 Å². The summed E-state index contributed by atoms with van der Waals surface area (Å²) < 4.78 is 5.63. The van der Waals surface area contributed by atoms with Crippen molar-refractivity contribution in [2.45, 2.75) is 32.7 Å². The van der Waals surface area contributed by atoms with Crippen molar-refractivity contribution in [3.63, 3.8) is 0 Å². The molecule has 5 nitrogen and oxygen atoms in total. The van der Waals surface area contributed by atoms with Crippen molar-refractivity contribution in [2.24, 2.45) is 10.9 Å². The zero-order valence-corrected chi connectivity index (χ0v) is 16.8. The lowest BCUT2D eigenvalue weighted by Crippen LogP contribution is -2.39. The summed E-state index contributed by atoms with van der Waals surface area (Å²) in [5.41, 5.74) is 1.09. The lowest BCUT2D eigenvalue weighted by molar-refractivity contribution is 0.122. The number of thiazole rings is 1. The standard InChI is InChI=1S/C15H26N4OS.HI/c1-12-18-14(11-21-12)9-19(3)15(16-2)17-7-4-8-20-10-13-5-6-13;/h11,13H,4-10H2,1-3H3,(H,16,17);1H. The number of guanidine groups is 1. The highest BCUT2D eigenvalue weighted by Gasteiger charge is 2.20. The van der Waals surface area contributed by atoms with Gasteiger partial charge in [-0.1, -0.05) is 0 Å². The second-order valence-electron chi connectivity index (χ2n) is 5.56. The van der Waals surface area contributed by atoms with E-state index in [4.69, 9.17) is 4.74 Å². The molecular formula is C15H27IN4OS. The molecule has 0 amide bonds. The highest BCUT2D eigenvalue weighted by atomic mass is 127. The Morgan fingerprint density at radius 1 is 1.55 bits per heavy atom. The lowest BCUT2D eigenvalue weighted by atomic mass is 10.4. The fourth-order valence-electron chi connectivity index (χ4n) is 2.09. The molecule has 0 aliphatic heterocycles. The van der Waals surface area contributed by atoms with E-state index < -0.39 is 0 Å². The zero-order chi connectivity index (χ0) is 15.1. The average molecular weight is 438 g/mol. The maximum atomic E-state index is 5.63. The molecule has 1 aliphatic carbocycles. The molecule has 7 heteroatoms.